The summed E-state index contributed by atoms with van der Waals surface area (Å²) in [5.74, 6) is 1.23. The molecule has 0 aromatic carbocycles. The molecule has 0 aliphatic heterocycles. The van der Waals surface area contributed by atoms with Crippen molar-refractivity contribution in [2.24, 2.45) is 0 Å². The topological polar surface area (TPSA) is 24.1 Å². The van der Waals surface area contributed by atoms with Crippen LogP contribution >= 0.6 is 20.5 Å². The van der Waals surface area contributed by atoms with E-state index < -0.39 is 0 Å². The third-order valence-electron chi connectivity index (χ3n) is 1.11. The molecule has 0 aliphatic carbocycles. The monoisotopic (exact) mass is 194 g/mol. The lowest BCUT2D eigenvalue weighted by Gasteiger charge is -2.03. The molecule has 4 heteroatoms. The zero-order valence-electron chi connectivity index (χ0n) is 7.44. The fraction of sp³-hybridized carbons (Fsp3) is 1.00. The van der Waals surface area contributed by atoms with E-state index in [2.05, 4.69) is 23.9 Å². The van der Waals surface area contributed by atoms with E-state index in [1.807, 2.05) is 11.9 Å². The summed E-state index contributed by atoms with van der Waals surface area (Å²) in [6, 6.07) is 0. The van der Waals surface area contributed by atoms with Crippen LogP contribution in [0.3, 0.4) is 0 Å². The van der Waals surface area contributed by atoms with Crippen LogP contribution in [0.2, 0.25) is 0 Å². The van der Waals surface area contributed by atoms with Gasteiger partial charge in [-0.25, -0.2) is 0 Å². The fourth-order valence-electron chi connectivity index (χ4n) is 0.552. The van der Waals surface area contributed by atoms with Crippen molar-refractivity contribution < 1.29 is 0 Å². The van der Waals surface area contributed by atoms with Crippen molar-refractivity contribution in [3.05, 3.63) is 0 Å². The van der Waals surface area contributed by atoms with Gasteiger partial charge in [-0.3, -0.25) is 4.72 Å². The highest BCUT2D eigenvalue weighted by Gasteiger charge is 1.86. The molecule has 0 heterocycles. The maximum absolute atomic E-state index is 3.33. The molecule has 0 fully saturated rings. The maximum atomic E-state index is 3.33. The summed E-state index contributed by atoms with van der Waals surface area (Å²) in [5, 5.41) is 3.30. The van der Waals surface area contributed by atoms with Crippen LogP contribution in [0.1, 0.15) is 20.3 Å². The summed E-state index contributed by atoms with van der Waals surface area (Å²) in [7, 11) is 1.01. The Morgan fingerprint density at radius 2 is 2.09 bits per heavy atom. The predicted octanol–water partition coefficient (Wildman–Crippen LogP) is 1.84. The SMILES string of the molecule is CCCSNCPCNCC. The predicted molar refractivity (Wildman–Crippen MR) is 57.6 cm³/mol. The fourth-order valence-corrected chi connectivity index (χ4v) is 2.27. The third-order valence-corrected chi connectivity index (χ3v) is 3.25. The normalized spacial score (nSPS) is 11.5. The third kappa shape index (κ3) is 10.7. The van der Waals surface area contributed by atoms with Gasteiger partial charge in [0.15, 0.2) is 0 Å². The second-order valence-electron chi connectivity index (χ2n) is 2.20. The first-order valence-corrected chi connectivity index (χ1v) is 6.57. The minimum absolute atomic E-state index is 1.01. The van der Waals surface area contributed by atoms with Crippen LogP contribution in [0.5, 0.6) is 0 Å². The molecule has 1 atom stereocenters. The summed E-state index contributed by atoms with van der Waals surface area (Å²) < 4.78 is 3.33. The second kappa shape index (κ2) is 10.7. The van der Waals surface area contributed by atoms with E-state index in [4.69, 9.17) is 0 Å². The Morgan fingerprint density at radius 1 is 1.27 bits per heavy atom. The van der Waals surface area contributed by atoms with Crippen molar-refractivity contribution >= 4 is 20.5 Å². The first-order chi connectivity index (χ1) is 5.41. The van der Waals surface area contributed by atoms with E-state index >= 15 is 0 Å². The summed E-state index contributed by atoms with van der Waals surface area (Å²) in [4.78, 5) is 0. The summed E-state index contributed by atoms with van der Waals surface area (Å²) in [6.07, 6.45) is 3.57. The van der Waals surface area contributed by atoms with Crippen molar-refractivity contribution in [2.75, 3.05) is 24.9 Å². The quantitative estimate of drug-likeness (QED) is 0.350. The molecule has 1 unspecified atom stereocenters. The van der Waals surface area contributed by atoms with Crippen molar-refractivity contribution in [1.29, 1.82) is 0 Å². The number of hydrogen-bond acceptors (Lipinski definition) is 3. The zero-order valence-corrected chi connectivity index (χ0v) is 9.26. The molecular weight excluding hydrogens is 175 g/mol. The van der Waals surface area contributed by atoms with Gasteiger partial charge in [-0.1, -0.05) is 34.4 Å². The van der Waals surface area contributed by atoms with Crippen LogP contribution in [0.4, 0.5) is 0 Å². The highest BCUT2D eigenvalue weighted by Crippen LogP contribution is 2.06. The molecule has 2 N–H and O–H groups in total. The van der Waals surface area contributed by atoms with E-state index in [1.165, 1.54) is 12.2 Å². The Labute approximate surface area is 76.2 Å². The maximum Gasteiger partial charge on any atom is 0.0243 e. The minimum Gasteiger partial charge on any atom is -0.313 e. The molecule has 0 aromatic rings. The Morgan fingerprint density at radius 3 is 2.73 bits per heavy atom. The highest BCUT2D eigenvalue weighted by molar-refractivity contribution is 7.97. The molecule has 0 aliphatic rings. The first kappa shape index (κ1) is 11.7. The summed E-state index contributed by atoms with van der Waals surface area (Å²) >= 11 is 1.84. The van der Waals surface area contributed by atoms with Crippen molar-refractivity contribution in [3.63, 3.8) is 0 Å². The average Bonchev–Trinajstić information content (AvgIpc) is 2.03. The Bertz CT molecular complexity index is 65.5. The summed E-state index contributed by atoms with van der Waals surface area (Å²) in [5.41, 5.74) is 0. The first-order valence-electron chi connectivity index (χ1n) is 4.17. The van der Waals surface area contributed by atoms with E-state index in [-0.39, 0.29) is 0 Å². The van der Waals surface area contributed by atoms with Crippen LogP contribution in [0, 0.1) is 0 Å². The van der Waals surface area contributed by atoms with Gasteiger partial charge in [0.25, 0.3) is 0 Å². The minimum atomic E-state index is 1.01. The van der Waals surface area contributed by atoms with Gasteiger partial charge in [-0.2, -0.15) is 0 Å². The number of rotatable bonds is 8. The Kier molecular flexibility index (Phi) is 11.4. The molecule has 0 rings (SSSR count). The second-order valence-corrected chi connectivity index (χ2v) is 4.39. The van der Waals surface area contributed by atoms with Gasteiger partial charge in [-0.05, 0) is 13.0 Å². The van der Waals surface area contributed by atoms with E-state index in [1.54, 1.807) is 0 Å². The smallest absolute Gasteiger partial charge is 0.0243 e. The van der Waals surface area contributed by atoms with Gasteiger partial charge in [0.2, 0.25) is 0 Å². The summed E-state index contributed by atoms with van der Waals surface area (Å²) in [6.45, 7) is 5.44. The van der Waals surface area contributed by atoms with Crippen molar-refractivity contribution in [2.45, 2.75) is 20.3 Å². The lowest BCUT2D eigenvalue weighted by atomic mass is 10.6. The van der Waals surface area contributed by atoms with Crippen LogP contribution < -0.4 is 10.0 Å². The van der Waals surface area contributed by atoms with Gasteiger partial charge in [0, 0.05) is 18.3 Å². The van der Waals surface area contributed by atoms with Crippen LogP contribution in [0.25, 0.3) is 0 Å². The lowest BCUT2D eigenvalue weighted by molar-refractivity contribution is 0.835. The van der Waals surface area contributed by atoms with Crippen molar-refractivity contribution in [1.82, 2.24) is 10.0 Å². The van der Waals surface area contributed by atoms with Gasteiger partial charge in [-0.15, -0.1) is 0 Å². The molecular formula is C7H19N2PS. The zero-order chi connectivity index (χ0) is 8.36. The van der Waals surface area contributed by atoms with E-state index in [0.29, 0.717) is 0 Å². The number of hydrogen-bond donors (Lipinski definition) is 2. The largest absolute Gasteiger partial charge is 0.313 e. The number of nitrogens with one attached hydrogen (secondary N) is 2. The molecule has 0 aromatic heterocycles. The van der Waals surface area contributed by atoms with Gasteiger partial charge < -0.3 is 5.32 Å². The van der Waals surface area contributed by atoms with Crippen molar-refractivity contribution in [3.8, 4) is 0 Å². The van der Waals surface area contributed by atoms with E-state index in [0.717, 1.165) is 27.7 Å². The molecule has 0 radical (unpaired) electrons. The van der Waals surface area contributed by atoms with E-state index in [9.17, 15) is 0 Å². The molecule has 68 valence electrons. The lowest BCUT2D eigenvalue weighted by Crippen LogP contribution is -2.12. The molecule has 0 amide bonds. The van der Waals surface area contributed by atoms with Gasteiger partial charge >= 0.3 is 0 Å². The molecule has 0 saturated carbocycles. The van der Waals surface area contributed by atoms with Gasteiger partial charge in [0.05, 0.1) is 0 Å². The average molecular weight is 194 g/mol. The molecule has 0 saturated heterocycles. The molecule has 11 heavy (non-hydrogen) atoms. The Balaban J connectivity index is 2.69. The molecule has 2 nitrogen and oxygen atoms in total. The van der Waals surface area contributed by atoms with Crippen LogP contribution in [-0.2, 0) is 0 Å². The van der Waals surface area contributed by atoms with Crippen LogP contribution in [0.15, 0.2) is 0 Å². The molecule has 0 spiro atoms. The molecule has 0 bridgehead atoms. The Hall–Kier alpha value is 0.700. The standard InChI is InChI=1S/C7H19N2PS/c1-3-5-11-9-7-10-6-8-4-2/h8-10H,3-7H2,1-2H3. The van der Waals surface area contributed by atoms with Crippen LogP contribution in [-0.4, -0.2) is 24.9 Å². The van der Waals surface area contributed by atoms with Gasteiger partial charge in [0.1, 0.15) is 0 Å². The highest BCUT2D eigenvalue weighted by atomic mass is 32.2.